The Morgan fingerprint density at radius 1 is 0.862 bits per heavy atom. The summed E-state index contributed by atoms with van der Waals surface area (Å²) in [6.45, 7) is 4.08. The van der Waals surface area contributed by atoms with Crippen LogP contribution in [-0.4, -0.2) is 11.8 Å². The average Bonchev–Trinajstić information content (AvgIpc) is 3.09. The van der Waals surface area contributed by atoms with Crippen molar-refractivity contribution in [3.63, 3.8) is 0 Å². The van der Waals surface area contributed by atoms with Gasteiger partial charge in [0.15, 0.2) is 0 Å². The zero-order valence-electron chi connectivity index (χ0n) is 16.7. The van der Waals surface area contributed by atoms with E-state index in [-0.39, 0.29) is 11.8 Å². The molecule has 4 rings (SSSR count). The minimum absolute atomic E-state index is 0.156. The van der Waals surface area contributed by atoms with Crippen molar-refractivity contribution in [3.8, 4) is 0 Å². The highest BCUT2D eigenvalue weighted by molar-refractivity contribution is 7.17. The highest BCUT2D eigenvalue weighted by atomic mass is 32.1. The topological polar surface area (TPSA) is 58.2 Å². The highest BCUT2D eigenvalue weighted by Crippen LogP contribution is 2.38. The molecule has 1 aromatic heterocycles. The number of aryl methyl sites for hydroxylation is 3. The number of rotatable bonds is 4. The van der Waals surface area contributed by atoms with Gasteiger partial charge in [0, 0.05) is 16.1 Å². The molecule has 1 aliphatic rings. The van der Waals surface area contributed by atoms with Gasteiger partial charge in [0.2, 0.25) is 0 Å². The van der Waals surface area contributed by atoms with Crippen LogP contribution < -0.4 is 10.6 Å². The van der Waals surface area contributed by atoms with Crippen LogP contribution in [0.25, 0.3) is 0 Å². The number of hydrogen-bond acceptors (Lipinski definition) is 3. The number of hydrogen-bond donors (Lipinski definition) is 2. The third-order valence-corrected chi connectivity index (χ3v) is 6.63. The Morgan fingerprint density at radius 3 is 2.38 bits per heavy atom. The molecule has 148 valence electrons. The quantitative estimate of drug-likeness (QED) is 0.582. The molecule has 0 spiro atoms. The zero-order valence-corrected chi connectivity index (χ0v) is 17.5. The molecule has 2 aromatic carbocycles. The number of anilines is 2. The van der Waals surface area contributed by atoms with E-state index in [0.717, 1.165) is 42.5 Å². The fraction of sp³-hybridized carbons (Fsp3) is 0.250. The number of carbonyl (C=O) groups excluding carboxylic acids is 2. The molecule has 0 saturated heterocycles. The van der Waals surface area contributed by atoms with Crippen LogP contribution in [0.5, 0.6) is 0 Å². The van der Waals surface area contributed by atoms with Gasteiger partial charge in [0.05, 0.1) is 5.56 Å². The van der Waals surface area contributed by atoms with Crippen molar-refractivity contribution < 1.29 is 9.59 Å². The minimum atomic E-state index is -0.190. The van der Waals surface area contributed by atoms with Gasteiger partial charge in [-0.3, -0.25) is 9.59 Å². The molecule has 4 nitrogen and oxygen atoms in total. The van der Waals surface area contributed by atoms with Gasteiger partial charge >= 0.3 is 0 Å². The van der Waals surface area contributed by atoms with E-state index in [2.05, 4.69) is 10.6 Å². The second-order valence-electron chi connectivity index (χ2n) is 7.49. The van der Waals surface area contributed by atoms with Gasteiger partial charge in [0.25, 0.3) is 11.8 Å². The number of amides is 2. The lowest BCUT2D eigenvalue weighted by Crippen LogP contribution is -2.18. The lowest BCUT2D eigenvalue weighted by atomic mass is 9.95. The maximum atomic E-state index is 13.2. The van der Waals surface area contributed by atoms with Crippen molar-refractivity contribution in [2.45, 2.75) is 39.5 Å². The van der Waals surface area contributed by atoms with E-state index < -0.39 is 0 Å². The monoisotopic (exact) mass is 404 g/mol. The van der Waals surface area contributed by atoms with Gasteiger partial charge in [-0.15, -0.1) is 11.3 Å². The van der Waals surface area contributed by atoms with Gasteiger partial charge in [0.1, 0.15) is 5.00 Å². The van der Waals surface area contributed by atoms with Crippen LogP contribution >= 0.6 is 11.3 Å². The third kappa shape index (κ3) is 4.10. The smallest absolute Gasteiger partial charge is 0.258 e. The first-order valence-electron chi connectivity index (χ1n) is 9.92. The molecule has 0 radical (unpaired) electrons. The summed E-state index contributed by atoms with van der Waals surface area (Å²) in [5, 5.41) is 6.67. The Bertz CT molecular complexity index is 1070. The second kappa shape index (κ2) is 8.21. The van der Waals surface area contributed by atoms with E-state index >= 15 is 0 Å². The summed E-state index contributed by atoms with van der Waals surface area (Å²) in [7, 11) is 0. The lowest BCUT2D eigenvalue weighted by molar-refractivity contribution is 0.102. The molecule has 5 heteroatoms. The Hall–Kier alpha value is -2.92. The van der Waals surface area contributed by atoms with Crippen LogP contribution in [0.2, 0.25) is 0 Å². The van der Waals surface area contributed by atoms with E-state index in [1.807, 2.05) is 50.2 Å². The molecule has 1 heterocycles. The van der Waals surface area contributed by atoms with E-state index in [1.165, 1.54) is 21.8 Å². The average molecular weight is 405 g/mol. The van der Waals surface area contributed by atoms with Crippen LogP contribution in [0, 0.1) is 13.8 Å². The molecule has 0 bridgehead atoms. The summed E-state index contributed by atoms with van der Waals surface area (Å²) in [6.07, 6.45) is 4.03. The first-order chi connectivity index (χ1) is 14.0. The second-order valence-corrected chi connectivity index (χ2v) is 8.59. The number of nitrogens with one attached hydrogen (secondary N) is 2. The number of carbonyl (C=O) groups is 2. The van der Waals surface area contributed by atoms with Crippen molar-refractivity contribution in [3.05, 3.63) is 81.2 Å². The normalized spacial score (nSPS) is 12.9. The summed E-state index contributed by atoms with van der Waals surface area (Å²) in [6, 6.07) is 15.0. The van der Waals surface area contributed by atoms with Crippen LogP contribution in [0.4, 0.5) is 10.7 Å². The Balaban J connectivity index is 1.65. The predicted molar refractivity (Wildman–Crippen MR) is 119 cm³/mol. The Labute approximate surface area is 175 Å². The lowest BCUT2D eigenvalue weighted by Gasteiger charge is -2.14. The largest absolute Gasteiger partial charge is 0.322 e. The summed E-state index contributed by atoms with van der Waals surface area (Å²) in [5.74, 6) is -0.347. The summed E-state index contributed by atoms with van der Waals surface area (Å²) in [5.41, 5.74) is 5.38. The van der Waals surface area contributed by atoms with Gasteiger partial charge < -0.3 is 10.6 Å². The first kappa shape index (κ1) is 19.4. The van der Waals surface area contributed by atoms with Crippen molar-refractivity contribution in [1.29, 1.82) is 0 Å². The predicted octanol–water partition coefficient (Wildman–Crippen LogP) is 5.75. The standard InChI is InChI=1S/C24H24N2O2S/c1-15-12-13-18(14-16(15)2)25-23(28)21-19-10-6-7-11-20(19)29-24(21)26-22(27)17-8-4-3-5-9-17/h3-5,8-9,12-14H,6-7,10-11H2,1-2H3,(H,25,28)(H,26,27). The molecule has 0 unspecified atom stereocenters. The minimum Gasteiger partial charge on any atom is -0.322 e. The summed E-state index contributed by atoms with van der Waals surface area (Å²) >= 11 is 1.54. The third-order valence-electron chi connectivity index (χ3n) is 5.43. The molecular formula is C24H24N2O2S. The molecule has 0 atom stereocenters. The van der Waals surface area contributed by atoms with Gasteiger partial charge in [-0.25, -0.2) is 0 Å². The molecule has 29 heavy (non-hydrogen) atoms. The molecular weight excluding hydrogens is 380 g/mol. The number of benzene rings is 2. The Morgan fingerprint density at radius 2 is 1.62 bits per heavy atom. The van der Waals surface area contributed by atoms with Gasteiger partial charge in [-0.1, -0.05) is 24.3 Å². The highest BCUT2D eigenvalue weighted by Gasteiger charge is 2.26. The van der Waals surface area contributed by atoms with Crippen molar-refractivity contribution >= 4 is 33.8 Å². The van der Waals surface area contributed by atoms with Crippen LogP contribution in [-0.2, 0) is 12.8 Å². The molecule has 0 aliphatic heterocycles. The summed E-state index contributed by atoms with van der Waals surface area (Å²) < 4.78 is 0. The maximum Gasteiger partial charge on any atom is 0.258 e. The molecule has 1 aliphatic carbocycles. The van der Waals surface area contributed by atoms with E-state index in [4.69, 9.17) is 0 Å². The maximum absolute atomic E-state index is 13.2. The van der Waals surface area contributed by atoms with Crippen molar-refractivity contribution in [2.24, 2.45) is 0 Å². The summed E-state index contributed by atoms with van der Waals surface area (Å²) in [4.78, 5) is 27.1. The fourth-order valence-corrected chi connectivity index (χ4v) is 4.95. The number of thiophene rings is 1. The van der Waals surface area contributed by atoms with Crippen molar-refractivity contribution in [2.75, 3.05) is 10.6 Å². The van der Waals surface area contributed by atoms with E-state index in [1.54, 1.807) is 12.1 Å². The molecule has 3 aromatic rings. The van der Waals surface area contributed by atoms with Crippen LogP contribution in [0.3, 0.4) is 0 Å². The molecule has 2 N–H and O–H groups in total. The molecule has 0 saturated carbocycles. The Kier molecular flexibility index (Phi) is 5.49. The van der Waals surface area contributed by atoms with E-state index in [0.29, 0.717) is 16.1 Å². The molecule has 0 fully saturated rings. The van der Waals surface area contributed by atoms with Crippen LogP contribution in [0.1, 0.15) is 55.1 Å². The first-order valence-corrected chi connectivity index (χ1v) is 10.7. The zero-order chi connectivity index (χ0) is 20.4. The van der Waals surface area contributed by atoms with Crippen LogP contribution in [0.15, 0.2) is 48.5 Å². The molecule has 2 amide bonds. The SMILES string of the molecule is Cc1ccc(NC(=O)c2c(NC(=O)c3ccccc3)sc3c2CCCC3)cc1C. The van der Waals surface area contributed by atoms with Gasteiger partial charge in [-0.2, -0.15) is 0 Å². The van der Waals surface area contributed by atoms with E-state index in [9.17, 15) is 9.59 Å². The fourth-order valence-electron chi connectivity index (χ4n) is 3.67. The van der Waals surface area contributed by atoms with Gasteiger partial charge in [-0.05, 0) is 80.5 Å². The van der Waals surface area contributed by atoms with Crippen molar-refractivity contribution in [1.82, 2.24) is 0 Å². The number of fused-ring (bicyclic) bond motifs is 1.